The lowest BCUT2D eigenvalue weighted by Gasteiger charge is -2.41. The molecule has 0 heteroatoms. The fraction of sp³-hybridized carbons (Fsp3) is 0.212. The Morgan fingerprint density at radius 2 is 1.44 bits per heavy atom. The van der Waals surface area contributed by atoms with Crippen molar-refractivity contribution in [2.24, 2.45) is 41.4 Å². The summed E-state index contributed by atoms with van der Waals surface area (Å²) in [6.45, 7) is 4.79. The predicted octanol–water partition coefficient (Wildman–Crippen LogP) is 14.9. The van der Waals surface area contributed by atoms with E-state index in [1.807, 2.05) is 0 Å². The van der Waals surface area contributed by atoms with Crippen molar-refractivity contribution in [1.82, 2.24) is 0 Å². The molecule has 10 aliphatic carbocycles. The number of rotatable bonds is 4. The monoisotopic (exact) mass is 844 g/mol. The first kappa shape index (κ1) is 37.5. The summed E-state index contributed by atoms with van der Waals surface area (Å²) in [7, 11) is 0. The number of fused-ring (bicyclic) bond motifs is 8. The lowest BCUT2D eigenvalue weighted by atomic mass is 9.62. The van der Waals surface area contributed by atoms with Crippen LogP contribution in [0.15, 0.2) is 209 Å². The van der Waals surface area contributed by atoms with Gasteiger partial charge in [-0.3, -0.25) is 0 Å². The molecule has 5 aromatic rings. The van der Waals surface area contributed by atoms with Crippen molar-refractivity contribution in [2.45, 2.75) is 46.0 Å². The molecule has 0 N–H and O–H groups in total. The Labute approximate surface area is 388 Å². The maximum Gasteiger partial charge on any atom is 0.0196 e. The van der Waals surface area contributed by atoms with E-state index in [-0.39, 0.29) is 0 Å². The van der Waals surface area contributed by atoms with Crippen molar-refractivity contribution < 1.29 is 0 Å². The number of hydrogen-bond acceptors (Lipinski definition) is 0. The van der Waals surface area contributed by atoms with Crippen LogP contribution in [0.5, 0.6) is 0 Å². The summed E-state index contributed by atoms with van der Waals surface area (Å²) in [5, 5.41) is 5.70. The second-order valence-corrected chi connectivity index (χ2v) is 20.9. The molecule has 0 aromatic heterocycles. The van der Waals surface area contributed by atoms with E-state index in [1.165, 1.54) is 100.0 Å². The summed E-state index contributed by atoms with van der Waals surface area (Å²) in [4.78, 5) is 0. The summed E-state index contributed by atoms with van der Waals surface area (Å²) >= 11 is 0. The Bertz CT molecular complexity index is 3570. The first-order valence-corrected chi connectivity index (χ1v) is 24.9. The van der Waals surface area contributed by atoms with Gasteiger partial charge >= 0.3 is 0 Å². The third kappa shape index (κ3) is 5.11. The molecule has 0 amide bonds. The summed E-state index contributed by atoms with van der Waals surface area (Å²) in [5.41, 5.74) is 28.0. The van der Waals surface area contributed by atoms with E-state index in [0.717, 1.165) is 25.7 Å². The van der Waals surface area contributed by atoms with Crippen molar-refractivity contribution in [2.75, 3.05) is 0 Å². The summed E-state index contributed by atoms with van der Waals surface area (Å²) < 4.78 is 0. The fourth-order valence-electron chi connectivity index (χ4n) is 14.9. The minimum Gasteiger partial charge on any atom is -0.0836 e. The van der Waals surface area contributed by atoms with E-state index < -0.39 is 0 Å². The number of allylic oxidation sites excluding steroid dienone is 22. The molecule has 15 rings (SSSR count). The maximum atomic E-state index is 2.68. The van der Waals surface area contributed by atoms with Crippen LogP contribution in [-0.2, 0) is 0 Å². The zero-order valence-electron chi connectivity index (χ0n) is 37.8. The van der Waals surface area contributed by atoms with Crippen LogP contribution in [0.25, 0.3) is 66.4 Å². The topological polar surface area (TPSA) is 0 Å². The van der Waals surface area contributed by atoms with Gasteiger partial charge in [-0.2, -0.15) is 0 Å². The van der Waals surface area contributed by atoms with Crippen LogP contribution in [0, 0.1) is 41.4 Å². The van der Waals surface area contributed by atoms with Crippen LogP contribution in [-0.4, -0.2) is 0 Å². The molecule has 0 nitrogen and oxygen atoms in total. The van der Waals surface area contributed by atoms with Gasteiger partial charge in [-0.1, -0.05) is 170 Å². The second-order valence-electron chi connectivity index (χ2n) is 20.9. The molecule has 0 heterocycles. The van der Waals surface area contributed by atoms with Crippen LogP contribution >= 0.6 is 0 Å². The van der Waals surface area contributed by atoms with Gasteiger partial charge in [-0.25, -0.2) is 0 Å². The quantitative estimate of drug-likeness (QED) is 0.169. The number of hydrogen-bond donors (Lipinski definition) is 0. The molecule has 0 bridgehead atoms. The molecule has 0 fully saturated rings. The molecule has 10 aliphatic rings. The molecule has 316 valence electrons. The molecular weight excluding hydrogens is 793 g/mol. The van der Waals surface area contributed by atoms with Crippen molar-refractivity contribution in [3.8, 4) is 33.4 Å². The van der Waals surface area contributed by atoms with E-state index in [2.05, 4.69) is 190 Å². The Kier molecular flexibility index (Phi) is 7.88. The summed E-state index contributed by atoms with van der Waals surface area (Å²) in [6, 6.07) is 35.5. The van der Waals surface area contributed by atoms with Crippen molar-refractivity contribution in [1.29, 1.82) is 0 Å². The van der Waals surface area contributed by atoms with Gasteiger partial charge in [0.05, 0.1) is 0 Å². The second kappa shape index (κ2) is 13.9. The minimum atomic E-state index is 0.399. The summed E-state index contributed by atoms with van der Waals surface area (Å²) in [6.07, 6.45) is 39.8. The Morgan fingerprint density at radius 3 is 2.23 bits per heavy atom. The molecule has 7 atom stereocenters. The molecule has 66 heavy (non-hydrogen) atoms. The van der Waals surface area contributed by atoms with Gasteiger partial charge < -0.3 is 0 Å². The van der Waals surface area contributed by atoms with E-state index in [0.29, 0.717) is 41.4 Å². The van der Waals surface area contributed by atoms with Gasteiger partial charge in [-0.05, 0) is 202 Å². The highest BCUT2D eigenvalue weighted by molar-refractivity contribution is 6.21. The zero-order chi connectivity index (χ0) is 43.4. The van der Waals surface area contributed by atoms with Crippen LogP contribution in [0.1, 0.15) is 62.6 Å². The van der Waals surface area contributed by atoms with Crippen molar-refractivity contribution in [3.05, 3.63) is 237 Å². The highest BCUT2D eigenvalue weighted by Crippen LogP contribution is 2.62. The van der Waals surface area contributed by atoms with Crippen molar-refractivity contribution in [3.63, 3.8) is 0 Å². The van der Waals surface area contributed by atoms with Crippen LogP contribution in [0.2, 0.25) is 0 Å². The van der Waals surface area contributed by atoms with Crippen LogP contribution < -0.4 is 10.4 Å². The fourth-order valence-corrected chi connectivity index (χ4v) is 14.9. The lowest BCUT2D eigenvalue weighted by molar-refractivity contribution is 0.322. The van der Waals surface area contributed by atoms with Crippen LogP contribution in [0.3, 0.4) is 0 Å². The van der Waals surface area contributed by atoms with Gasteiger partial charge in [0, 0.05) is 17.8 Å². The SMILES string of the molecule is CC1=CC=CC(C)C1C1C=CC2=c3cccc4c3=C(CC2C1)c1c-4c(-c2ccccc2)c2cc3c(cc2c1-c1ccccc1)C1=C2C3=CC3=CC(C4C=CC=CC4)=CC4C=CC(=C2C34)CC1. The summed E-state index contributed by atoms with van der Waals surface area (Å²) in [5.74, 6) is 3.36. The maximum absolute atomic E-state index is 2.68. The van der Waals surface area contributed by atoms with E-state index in [4.69, 9.17) is 0 Å². The molecule has 0 spiro atoms. The van der Waals surface area contributed by atoms with E-state index >= 15 is 0 Å². The Morgan fingerprint density at radius 1 is 0.636 bits per heavy atom. The number of benzene rings is 5. The first-order chi connectivity index (χ1) is 32.6. The Hall–Kier alpha value is -6.76. The lowest BCUT2D eigenvalue weighted by Crippen LogP contribution is -2.37. The van der Waals surface area contributed by atoms with Crippen molar-refractivity contribution >= 4 is 33.1 Å². The average Bonchev–Trinajstić information content (AvgIpc) is 3.85. The smallest absolute Gasteiger partial charge is 0.0196 e. The molecule has 0 radical (unpaired) electrons. The molecule has 5 aromatic carbocycles. The zero-order valence-corrected chi connectivity index (χ0v) is 37.8. The molecule has 7 unspecified atom stereocenters. The standard InChI is InChI=1S/C66H52/c1-37-14-12-15-38(2)58(37)43-27-28-48-46(31-43)33-57-63-49(48)22-13-23-51(63)65-60(40-18-8-4-9-19-40)56-36-53-52(35-55(56)61(66(57)65)41-20-10-5-11-21-41)50-29-26-42-24-25-44-30-45(39-16-6-3-7-17-39)32-47-34-54(53)64(50)62(42)59(44)47/h3-16,18-25,27-28,30,32,34-37,39,43-44,46,58-59H,17,26,29,31,33H2,1-2H3. The Balaban J connectivity index is 0.997. The minimum absolute atomic E-state index is 0.399. The van der Waals surface area contributed by atoms with Crippen LogP contribution in [0.4, 0.5) is 0 Å². The third-order valence-corrected chi connectivity index (χ3v) is 17.6. The largest absolute Gasteiger partial charge is 0.0836 e. The molecular formula is C66H52. The predicted molar refractivity (Wildman–Crippen MR) is 276 cm³/mol. The molecule has 0 aliphatic heterocycles. The van der Waals surface area contributed by atoms with Gasteiger partial charge in [0.2, 0.25) is 0 Å². The van der Waals surface area contributed by atoms with E-state index in [1.54, 1.807) is 33.4 Å². The van der Waals surface area contributed by atoms with Gasteiger partial charge in [0.25, 0.3) is 0 Å². The average molecular weight is 845 g/mol. The first-order valence-electron chi connectivity index (χ1n) is 24.9. The van der Waals surface area contributed by atoms with Gasteiger partial charge in [0.1, 0.15) is 0 Å². The molecule has 0 saturated heterocycles. The molecule has 0 saturated carbocycles. The van der Waals surface area contributed by atoms with Gasteiger partial charge in [-0.15, -0.1) is 0 Å². The highest BCUT2D eigenvalue weighted by Gasteiger charge is 2.45. The highest BCUT2D eigenvalue weighted by atomic mass is 14.5. The third-order valence-electron chi connectivity index (χ3n) is 17.6. The van der Waals surface area contributed by atoms with Gasteiger partial charge in [0.15, 0.2) is 0 Å². The van der Waals surface area contributed by atoms with E-state index in [9.17, 15) is 0 Å². The normalized spacial score (nSPS) is 27.6.